The molecular weight excluding hydrogens is 333 g/mol. The van der Waals surface area contributed by atoms with Crippen LogP contribution >= 0.6 is 0 Å². The van der Waals surface area contributed by atoms with Crippen molar-refractivity contribution in [2.75, 3.05) is 5.32 Å². The maximum Gasteiger partial charge on any atom is 0.227 e. The summed E-state index contributed by atoms with van der Waals surface area (Å²) in [6.45, 7) is -7.61. The topological polar surface area (TPSA) is 67.2 Å². The minimum Gasteiger partial charge on any atom is -0.386 e. The third-order valence-electron chi connectivity index (χ3n) is 4.57. The summed E-state index contributed by atoms with van der Waals surface area (Å²) in [4.78, 5) is 17.1. The van der Waals surface area contributed by atoms with E-state index >= 15 is 0 Å². The normalized spacial score (nSPS) is 22.5. The van der Waals surface area contributed by atoms with E-state index in [1.54, 1.807) is 4.57 Å². The summed E-state index contributed by atoms with van der Waals surface area (Å²) in [5.41, 5.74) is -4.24. The highest BCUT2D eigenvalue weighted by Gasteiger charge is 2.29. The van der Waals surface area contributed by atoms with Gasteiger partial charge in [0.1, 0.15) is 5.52 Å². The Balaban J connectivity index is 2.10. The number of fused-ring (bicyclic) bond motifs is 1. The smallest absolute Gasteiger partial charge is 0.227 e. The van der Waals surface area contributed by atoms with Gasteiger partial charge in [0.2, 0.25) is 11.9 Å². The molecular formula is C20H28FN3O2. The largest absolute Gasteiger partial charge is 0.386 e. The molecule has 1 fully saturated rings. The summed E-state index contributed by atoms with van der Waals surface area (Å²) < 4.78 is 85.8. The molecule has 0 unspecified atom stereocenters. The minimum atomic E-state index is -3.53. The average molecular weight is 371 g/mol. The zero-order valence-electron chi connectivity index (χ0n) is 23.7. The maximum atomic E-state index is 14.9. The van der Waals surface area contributed by atoms with E-state index in [1.807, 2.05) is 0 Å². The van der Waals surface area contributed by atoms with Crippen molar-refractivity contribution >= 4 is 22.9 Å². The number of nitrogens with zero attached hydrogens (tertiary/aromatic N) is 2. The number of hydrogen-bond donors (Lipinski definition) is 2. The van der Waals surface area contributed by atoms with E-state index in [2.05, 4.69) is 10.3 Å². The van der Waals surface area contributed by atoms with Crippen LogP contribution in [-0.4, -0.2) is 20.6 Å². The molecule has 1 aliphatic rings. The third-order valence-corrected chi connectivity index (χ3v) is 4.57. The van der Waals surface area contributed by atoms with Gasteiger partial charge in [-0.2, -0.15) is 0 Å². The SMILES string of the molecule is [2H]C([2H])([2H])C(CC(=O)Nc1nc2c(F)cc(C(C)(C)O)cc2n1C1CCC1)(C([2H])([2H])[2H])C([2H])([2H])[2H]. The third kappa shape index (κ3) is 3.75. The summed E-state index contributed by atoms with van der Waals surface area (Å²) in [6, 6.07) is 2.48. The Hall–Kier alpha value is -1.95. The number of aromatic nitrogens is 2. The Bertz CT molecular complexity index is 1090. The van der Waals surface area contributed by atoms with Crippen LogP contribution in [-0.2, 0) is 10.4 Å². The van der Waals surface area contributed by atoms with Crippen LogP contribution in [0.2, 0.25) is 0 Å². The standard InChI is InChI=1S/C20H28FN3O2/c1-19(2,3)11-16(25)22-18-23-17-14(21)9-12(20(4,5)26)10-15(17)24(18)13-7-6-8-13/h9-10,13,26H,6-8,11H2,1-5H3,(H,22,23,25)/i1D3,2D3,3D3. The number of nitrogens with one attached hydrogen (secondary N) is 1. The molecule has 1 saturated carbocycles. The van der Waals surface area contributed by atoms with Gasteiger partial charge in [-0.1, -0.05) is 20.6 Å². The van der Waals surface area contributed by atoms with Crippen molar-refractivity contribution in [2.45, 2.75) is 71.7 Å². The first kappa shape index (κ1) is 10.4. The van der Waals surface area contributed by atoms with Crippen LogP contribution in [0.3, 0.4) is 0 Å². The maximum absolute atomic E-state index is 14.9. The van der Waals surface area contributed by atoms with Crippen molar-refractivity contribution in [1.82, 2.24) is 9.55 Å². The predicted molar refractivity (Wildman–Crippen MR) is 101 cm³/mol. The lowest BCUT2D eigenvalue weighted by Crippen LogP contribution is -2.24. The van der Waals surface area contributed by atoms with Crippen molar-refractivity contribution < 1.29 is 26.6 Å². The van der Waals surface area contributed by atoms with Gasteiger partial charge in [-0.25, -0.2) is 9.37 Å². The number of hydrogen-bond acceptors (Lipinski definition) is 3. The second kappa shape index (κ2) is 6.34. The summed E-state index contributed by atoms with van der Waals surface area (Å²) in [6.07, 6.45) is 0.881. The van der Waals surface area contributed by atoms with Crippen molar-refractivity contribution in [3.63, 3.8) is 0 Å². The van der Waals surface area contributed by atoms with Crippen LogP contribution in [0, 0.1) is 11.2 Å². The van der Waals surface area contributed by atoms with Gasteiger partial charge in [-0.3, -0.25) is 10.1 Å². The lowest BCUT2D eigenvalue weighted by atomic mass is 9.91. The van der Waals surface area contributed by atoms with E-state index < -0.39 is 49.7 Å². The zero-order valence-corrected chi connectivity index (χ0v) is 14.7. The van der Waals surface area contributed by atoms with Crippen LogP contribution in [0.15, 0.2) is 12.1 Å². The second-order valence-electron chi connectivity index (χ2n) is 7.41. The molecule has 5 nitrogen and oxygen atoms in total. The number of aliphatic hydroxyl groups is 1. The molecule has 2 N–H and O–H groups in total. The molecule has 1 aromatic carbocycles. The lowest BCUT2D eigenvalue weighted by molar-refractivity contribution is -0.117. The fraction of sp³-hybridized carbons (Fsp3) is 0.600. The molecule has 0 radical (unpaired) electrons. The molecule has 1 amide bonds. The summed E-state index contributed by atoms with van der Waals surface area (Å²) in [7, 11) is 0. The highest BCUT2D eigenvalue weighted by Crippen LogP contribution is 2.39. The first-order valence-electron chi connectivity index (χ1n) is 12.9. The van der Waals surface area contributed by atoms with Crippen molar-refractivity contribution in [1.29, 1.82) is 0 Å². The number of anilines is 1. The second-order valence-corrected chi connectivity index (χ2v) is 7.41. The molecule has 3 rings (SSSR count). The van der Waals surface area contributed by atoms with Crippen LogP contribution in [0.4, 0.5) is 10.3 Å². The Morgan fingerprint density at radius 3 is 2.65 bits per heavy atom. The molecule has 0 spiro atoms. The first-order valence-corrected chi connectivity index (χ1v) is 8.45. The van der Waals surface area contributed by atoms with Gasteiger partial charge in [0.15, 0.2) is 5.82 Å². The molecule has 142 valence electrons. The minimum absolute atomic E-state index is 0.103. The monoisotopic (exact) mass is 370 g/mol. The number of carbonyl (C=O) groups excluding carboxylic acids is 1. The number of imidazole rings is 1. The van der Waals surface area contributed by atoms with Crippen molar-refractivity contribution in [3.8, 4) is 0 Å². The predicted octanol–water partition coefficient (Wildman–Crippen LogP) is 4.50. The molecule has 6 heteroatoms. The highest BCUT2D eigenvalue weighted by atomic mass is 19.1. The van der Waals surface area contributed by atoms with E-state index in [0.717, 1.165) is 12.5 Å². The Morgan fingerprint density at radius 1 is 1.42 bits per heavy atom. The fourth-order valence-corrected chi connectivity index (χ4v) is 3.02. The molecule has 0 saturated heterocycles. The van der Waals surface area contributed by atoms with Crippen LogP contribution in [0.25, 0.3) is 11.0 Å². The first-order chi connectivity index (χ1) is 15.7. The molecule has 1 aliphatic carbocycles. The quantitative estimate of drug-likeness (QED) is 0.832. The van der Waals surface area contributed by atoms with E-state index in [0.29, 0.717) is 12.8 Å². The molecule has 2 aromatic rings. The Kier molecular flexibility index (Phi) is 2.54. The molecule has 0 atom stereocenters. The van der Waals surface area contributed by atoms with Gasteiger partial charge < -0.3 is 9.67 Å². The number of carbonyl (C=O) groups is 1. The molecule has 26 heavy (non-hydrogen) atoms. The summed E-state index contributed by atoms with van der Waals surface area (Å²) >= 11 is 0. The van der Waals surface area contributed by atoms with Crippen molar-refractivity contribution in [3.05, 3.63) is 23.5 Å². The summed E-state index contributed by atoms with van der Waals surface area (Å²) in [5, 5.41) is 12.7. The van der Waals surface area contributed by atoms with Gasteiger partial charge in [0.05, 0.1) is 11.1 Å². The van der Waals surface area contributed by atoms with E-state index in [4.69, 9.17) is 12.3 Å². The average Bonchev–Trinajstić information content (AvgIpc) is 2.93. The zero-order chi connectivity index (χ0) is 26.8. The van der Waals surface area contributed by atoms with Gasteiger partial charge in [0, 0.05) is 24.8 Å². The van der Waals surface area contributed by atoms with Crippen LogP contribution < -0.4 is 5.32 Å². The van der Waals surface area contributed by atoms with Gasteiger partial charge in [-0.05, 0) is 56.2 Å². The van der Waals surface area contributed by atoms with E-state index in [-0.39, 0.29) is 28.6 Å². The Morgan fingerprint density at radius 2 is 2.12 bits per heavy atom. The highest BCUT2D eigenvalue weighted by molar-refractivity contribution is 5.92. The van der Waals surface area contributed by atoms with Gasteiger partial charge in [0.25, 0.3) is 0 Å². The fourth-order valence-electron chi connectivity index (χ4n) is 3.02. The van der Waals surface area contributed by atoms with E-state index in [1.165, 1.54) is 19.9 Å². The Labute approximate surface area is 166 Å². The number of benzene rings is 1. The molecule has 1 aromatic heterocycles. The van der Waals surface area contributed by atoms with Crippen molar-refractivity contribution in [2.24, 2.45) is 5.41 Å². The van der Waals surface area contributed by atoms with E-state index in [9.17, 15) is 14.3 Å². The van der Waals surface area contributed by atoms with Crippen LogP contribution in [0.5, 0.6) is 0 Å². The summed E-state index contributed by atoms with van der Waals surface area (Å²) in [5.74, 6) is -2.10. The molecule has 0 aliphatic heterocycles. The number of amides is 1. The molecule has 0 bridgehead atoms. The van der Waals surface area contributed by atoms with Crippen LogP contribution in [0.1, 0.15) is 84.0 Å². The van der Waals surface area contributed by atoms with Gasteiger partial charge in [-0.15, -0.1) is 0 Å². The number of halogens is 1. The number of rotatable bonds is 4. The van der Waals surface area contributed by atoms with Gasteiger partial charge >= 0.3 is 0 Å². The lowest BCUT2D eigenvalue weighted by Gasteiger charge is -2.29. The molecule has 1 heterocycles.